The van der Waals surface area contributed by atoms with E-state index < -0.39 is 6.10 Å². The molecule has 1 aromatic heterocycles. The Morgan fingerprint density at radius 3 is 2.55 bits per heavy atom. The SMILES string of the molecule is OC(c1cccnc1)C1CCN(c2ccc(Cl)c(Cl)c2)CC1. The van der Waals surface area contributed by atoms with E-state index >= 15 is 0 Å². The van der Waals surface area contributed by atoms with E-state index in [1.54, 1.807) is 12.4 Å². The molecule has 0 amide bonds. The van der Waals surface area contributed by atoms with Gasteiger partial charge in [-0.05, 0) is 48.6 Å². The lowest BCUT2D eigenvalue weighted by Crippen LogP contribution is -2.35. The molecule has 1 fully saturated rings. The molecule has 116 valence electrons. The van der Waals surface area contributed by atoms with E-state index in [0.717, 1.165) is 37.2 Å². The molecule has 1 aliphatic heterocycles. The van der Waals surface area contributed by atoms with Crippen LogP contribution in [0.5, 0.6) is 0 Å². The number of pyridine rings is 1. The van der Waals surface area contributed by atoms with Crippen LogP contribution in [-0.2, 0) is 0 Å². The summed E-state index contributed by atoms with van der Waals surface area (Å²) in [5.41, 5.74) is 1.99. The monoisotopic (exact) mass is 336 g/mol. The Balaban J connectivity index is 1.64. The lowest BCUT2D eigenvalue weighted by molar-refractivity contribution is 0.0926. The van der Waals surface area contributed by atoms with Crippen LogP contribution in [-0.4, -0.2) is 23.2 Å². The predicted molar refractivity (Wildman–Crippen MR) is 90.6 cm³/mol. The second-order valence-electron chi connectivity index (χ2n) is 5.65. The third-order valence-electron chi connectivity index (χ3n) is 4.28. The van der Waals surface area contributed by atoms with Crippen LogP contribution >= 0.6 is 23.2 Å². The van der Waals surface area contributed by atoms with E-state index in [9.17, 15) is 5.11 Å². The number of nitrogens with zero attached hydrogens (tertiary/aromatic N) is 2. The summed E-state index contributed by atoms with van der Waals surface area (Å²) in [7, 11) is 0. The first-order chi connectivity index (χ1) is 10.6. The minimum atomic E-state index is -0.440. The fraction of sp³-hybridized carbons (Fsp3) is 0.353. The molecule has 1 unspecified atom stereocenters. The Hall–Kier alpha value is -1.29. The van der Waals surface area contributed by atoms with Gasteiger partial charge < -0.3 is 10.0 Å². The third-order valence-corrected chi connectivity index (χ3v) is 5.02. The molecule has 3 rings (SSSR count). The fourth-order valence-corrected chi connectivity index (χ4v) is 3.27. The highest BCUT2D eigenvalue weighted by molar-refractivity contribution is 6.42. The van der Waals surface area contributed by atoms with E-state index in [0.29, 0.717) is 10.0 Å². The maximum Gasteiger partial charge on any atom is 0.0834 e. The van der Waals surface area contributed by atoms with Gasteiger partial charge in [0.2, 0.25) is 0 Å². The van der Waals surface area contributed by atoms with Crippen LogP contribution in [0.15, 0.2) is 42.7 Å². The lowest BCUT2D eigenvalue weighted by atomic mass is 9.88. The van der Waals surface area contributed by atoms with Crippen LogP contribution in [0.2, 0.25) is 10.0 Å². The predicted octanol–water partition coefficient (Wildman–Crippen LogP) is 4.34. The van der Waals surface area contributed by atoms with E-state index in [4.69, 9.17) is 23.2 Å². The van der Waals surface area contributed by atoms with Crippen molar-refractivity contribution in [3.8, 4) is 0 Å². The number of aromatic nitrogens is 1. The first kappa shape index (κ1) is 15.6. The number of anilines is 1. The number of benzene rings is 1. The van der Waals surface area contributed by atoms with Gasteiger partial charge >= 0.3 is 0 Å². The Kier molecular flexibility index (Phi) is 4.87. The van der Waals surface area contributed by atoms with E-state index in [1.165, 1.54) is 0 Å². The van der Waals surface area contributed by atoms with Crippen molar-refractivity contribution in [3.05, 3.63) is 58.3 Å². The summed E-state index contributed by atoms with van der Waals surface area (Å²) in [6.07, 6.45) is 4.91. The normalized spacial score (nSPS) is 17.5. The molecule has 1 aromatic carbocycles. The van der Waals surface area contributed by atoms with Crippen LogP contribution in [0.3, 0.4) is 0 Å². The third kappa shape index (κ3) is 3.37. The standard InChI is InChI=1S/C17H18Cl2N2O/c18-15-4-3-14(10-16(15)19)21-8-5-12(6-9-21)17(22)13-2-1-7-20-11-13/h1-4,7,10-12,17,22H,5-6,8-9H2. The van der Waals surface area contributed by atoms with Crippen molar-refractivity contribution in [1.29, 1.82) is 0 Å². The van der Waals surface area contributed by atoms with Crippen LogP contribution in [0.1, 0.15) is 24.5 Å². The zero-order valence-electron chi connectivity index (χ0n) is 12.1. The highest BCUT2D eigenvalue weighted by atomic mass is 35.5. The molecule has 0 bridgehead atoms. The molecular formula is C17H18Cl2N2O. The second-order valence-corrected chi connectivity index (χ2v) is 6.47. The number of halogens is 2. The van der Waals surface area contributed by atoms with Crippen LogP contribution in [0, 0.1) is 5.92 Å². The molecule has 5 heteroatoms. The molecule has 22 heavy (non-hydrogen) atoms. The van der Waals surface area contributed by atoms with Crippen molar-refractivity contribution >= 4 is 28.9 Å². The Morgan fingerprint density at radius 2 is 1.91 bits per heavy atom. The molecule has 1 saturated heterocycles. The van der Waals surface area contributed by atoms with Gasteiger partial charge in [0.25, 0.3) is 0 Å². The van der Waals surface area contributed by atoms with E-state index in [2.05, 4.69) is 9.88 Å². The second kappa shape index (κ2) is 6.86. The van der Waals surface area contributed by atoms with Gasteiger partial charge in [-0.25, -0.2) is 0 Å². The largest absolute Gasteiger partial charge is 0.388 e. The summed E-state index contributed by atoms with van der Waals surface area (Å²) in [4.78, 5) is 6.37. The minimum absolute atomic E-state index is 0.267. The molecule has 0 aliphatic carbocycles. The van der Waals surface area contributed by atoms with Gasteiger partial charge in [0.1, 0.15) is 0 Å². The Bertz CT molecular complexity index is 628. The molecule has 1 atom stereocenters. The van der Waals surface area contributed by atoms with Crippen molar-refractivity contribution in [2.45, 2.75) is 18.9 Å². The Morgan fingerprint density at radius 1 is 1.14 bits per heavy atom. The molecule has 1 N–H and O–H groups in total. The van der Waals surface area contributed by atoms with Gasteiger partial charge in [-0.1, -0.05) is 29.3 Å². The van der Waals surface area contributed by atoms with Gasteiger partial charge in [-0.15, -0.1) is 0 Å². The topological polar surface area (TPSA) is 36.4 Å². The quantitative estimate of drug-likeness (QED) is 0.905. The number of rotatable bonds is 3. The number of hydrogen-bond acceptors (Lipinski definition) is 3. The van der Waals surface area contributed by atoms with Crippen molar-refractivity contribution in [2.24, 2.45) is 5.92 Å². The van der Waals surface area contributed by atoms with Crippen molar-refractivity contribution in [3.63, 3.8) is 0 Å². The molecule has 2 heterocycles. The van der Waals surface area contributed by atoms with Crippen LogP contribution < -0.4 is 4.90 Å². The maximum absolute atomic E-state index is 10.5. The van der Waals surface area contributed by atoms with Gasteiger partial charge in [-0.2, -0.15) is 0 Å². The molecule has 3 nitrogen and oxygen atoms in total. The first-order valence-electron chi connectivity index (χ1n) is 7.43. The smallest absolute Gasteiger partial charge is 0.0834 e. The van der Waals surface area contributed by atoms with Crippen molar-refractivity contribution < 1.29 is 5.11 Å². The fourth-order valence-electron chi connectivity index (χ4n) is 2.98. The minimum Gasteiger partial charge on any atom is -0.388 e. The molecule has 2 aromatic rings. The van der Waals surface area contributed by atoms with E-state index in [1.807, 2.05) is 30.3 Å². The molecular weight excluding hydrogens is 319 g/mol. The lowest BCUT2D eigenvalue weighted by Gasteiger charge is -2.35. The summed E-state index contributed by atoms with van der Waals surface area (Å²) < 4.78 is 0. The van der Waals surface area contributed by atoms with Gasteiger partial charge in [0.05, 0.1) is 16.1 Å². The van der Waals surface area contributed by atoms with Crippen LogP contribution in [0.4, 0.5) is 5.69 Å². The number of aliphatic hydroxyl groups excluding tert-OH is 1. The average Bonchev–Trinajstić information content (AvgIpc) is 2.58. The highest BCUT2D eigenvalue weighted by Gasteiger charge is 2.26. The van der Waals surface area contributed by atoms with Gasteiger partial charge in [0, 0.05) is 31.2 Å². The number of hydrogen-bond donors (Lipinski definition) is 1. The molecule has 1 aliphatic rings. The van der Waals surface area contributed by atoms with E-state index in [-0.39, 0.29) is 5.92 Å². The maximum atomic E-state index is 10.5. The highest BCUT2D eigenvalue weighted by Crippen LogP contribution is 2.34. The van der Waals surface area contributed by atoms with Crippen LogP contribution in [0.25, 0.3) is 0 Å². The average molecular weight is 337 g/mol. The summed E-state index contributed by atoms with van der Waals surface area (Å²) in [6, 6.07) is 9.52. The van der Waals surface area contributed by atoms with Crippen molar-refractivity contribution in [2.75, 3.05) is 18.0 Å². The summed E-state index contributed by atoms with van der Waals surface area (Å²) in [5, 5.41) is 11.6. The number of piperidine rings is 1. The zero-order valence-corrected chi connectivity index (χ0v) is 13.6. The summed E-state index contributed by atoms with van der Waals surface area (Å²) >= 11 is 12.0. The Labute approximate surface area is 140 Å². The molecule has 0 saturated carbocycles. The summed E-state index contributed by atoms with van der Waals surface area (Å²) in [6.45, 7) is 1.81. The number of aliphatic hydroxyl groups is 1. The first-order valence-corrected chi connectivity index (χ1v) is 8.19. The summed E-state index contributed by atoms with van der Waals surface area (Å²) in [5.74, 6) is 0.267. The molecule has 0 radical (unpaired) electrons. The van der Waals surface area contributed by atoms with Crippen molar-refractivity contribution in [1.82, 2.24) is 4.98 Å². The zero-order chi connectivity index (χ0) is 15.5. The van der Waals surface area contributed by atoms with Gasteiger partial charge in [-0.3, -0.25) is 4.98 Å². The van der Waals surface area contributed by atoms with Gasteiger partial charge in [0.15, 0.2) is 0 Å². The molecule has 0 spiro atoms.